The molecule has 0 heterocycles. The van der Waals surface area contributed by atoms with Crippen molar-refractivity contribution in [2.75, 3.05) is 0 Å². The number of hydrogen-bond donors (Lipinski definition) is 0. The number of ketones is 1. The normalized spacial score (nSPS) is 47.8. The van der Waals surface area contributed by atoms with Gasteiger partial charge in [0.1, 0.15) is 5.78 Å². The van der Waals surface area contributed by atoms with Crippen LogP contribution in [-0.2, 0) is 4.79 Å². The summed E-state index contributed by atoms with van der Waals surface area (Å²) < 4.78 is 0. The van der Waals surface area contributed by atoms with E-state index in [1.165, 1.54) is 31.3 Å². The predicted octanol–water partition coefficient (Wildman–Crippen LogP) is 2.71. The molecule has 2 fully saturated rings. The first-order valence-corrected chi connectivity index (χ1v) is 5.44. The molecule has 0 aliphatic heterocycles. The minimum absolute atomic E-state index is 0.129. The molecule has 0 amide bonds. The standard InChI is InChI=1S/C12H16O/c1-8-5-10-3-2-4-12(10)7-9(8)6-11(12)13/h5,9-10H,2-4,6-7H2,1H3/t9-,10+,12+/m1/s1. The zero-order valence-corrected chi connectivity index (χ0v) is 8.18. The van der Waals surface area contributed by atoms with Gasteiger partial charge in [-0.3, -0.25) is 4.79 Å². The second kappa shape index (κ2) is 2.26. The van der Waals surface area contributed by atoms with Crippen LogP contribution in [0.1, 0.15) is 39.0 Å². The van der Waals surface area contributed by atoms with Crippen LogP contribution in [0.3, 0.4) is 0 Å². The van der Waals surface area contributed by atoms with Crippen LogP contribution in [-0.4, -0.2) is 5.78 Å². The summed E-state index contributed by atoms with van der Waals surface area (Å²) in [5.74, 6) is 1.80. The Balaban J connectivity index is 2.11. The van der Waals surface area contributed by atoms with Crippen molar-refractivity contribution in [2.24, 2.45) is 17.3 Å². The molecule has 2 bridgehead atoms. The molecule has 2 saturated carbocycles. The molecule has 1 spiro atoms. The average Bonchev–Trinajstić information content (AvgIpc) is 2.60. The Bertz CT molecular complexity index is 302. The molecule has 3 rings (SSSR count). The minimum Gasteiger partial charge on any atom is -0.299 e. The number of carbonyl (C=O) groups is 1. The van der Waals surface area contributed by atoms with Gasteiger partial charge in [-0.05, 0) is 38.0 Å². The van der Waals surface area contributed by atoms with Crippen molar-refractivity contribution in [2.45, 2.75) is 39.0 Å². The summed E-state index contributed by atoms with van der Waals surface area (Å²) >= 11 is 0. The highest BCUT2D eigenvalue weighted by Gasteiger charge is 2.55. The van der Waals surface area contributed by atoms with Crippen LogP contribution < -0.4 is 0 Å². The Morgan fingerprint density at radius 1 is 1.54 bits per heavy atom. The highest BCUT2D eigenvalue weighted by molar-refractivity contribution is 5.89. The van der Waals surface area contributed by atoms with Gasteiger partial charge in [-0.2, -0.15) is 0 Å². The first-order valence-electron chi connectivity index (χ1n) is 5.44. The lowest BCUT2D eigenvalue weighted by Crippen LogP contribution is -2.30. The van der Waals surface area contributed by atoms with Gasteiger partial charge in [0, 0.05) is 11.8 Å². The molecule has 0 aromatic carbocycles. The highest BCUT2D eigenvalue weighted by Crippen LogP contribution is 2.59. The first kappa shape index (κ1) is 7.78. The monoisotopic (exact) mass is 176 g/mol. The molecule has 3 aliphatic rings. The molecule has 0 saturated heterocycles. The van der Waals surface area contributed by atoms with Gasteiger partial charge in [0.2, 0.25) is 0 Å². The van der Waals surface area contributed by atoms with Crippen molar-refractivity contribution < 1.29 is 4.79 Å². The second-order valence-electron chi connectivity index (χ2n) is 5.09. The van der Waals surface area contributed by atoms with Crippen molar-refractivity contribution >= 4 is 5.78 Å². The van der Waals surface area contributed by atoms with Crippen LogP contribution in [0.25, 0.3) is 0 Å². The van der Waals surface area contributed by atoms with Crippen LogP contribution in [0.15, 0.2) is 11.6 Å². The molecule has 0 aromatic rings. The smallest absolute Gasteiger partial charge is 0.140 e. The average molecular weight is 176 g/mol. The maximum Gasteiger partial charge on any atom is 0.140 e. The van der Waals surface area contributed by atoms with E-state index >= 15 is 0 Å². The molecule has 1 heteroatoms. The van der Waals surface area contributed by atoms with Gasteiger partial charge >= 0.3 is 0 Å². The van der Waals surface area contributed by atoms with Gasteiger partial charge in [-0.25, -0.2) is 0 Å². The van der Waals surface area contributed by atoms with E-state index in [0.29, 0.717) is 17.6 Å². The summed E-state index contributed by atoms with van der Waals surface area (Å²) in [5.41, 5.74) is 1.62. The summed E-state index contributed by atoms with van der Waals surface area (Å²) in [6, 6.07) is 0. The minimum atomic E-state index is 0.129. The zero-order valence-electron chi connectivity index (χ0n) is 8.18. The lowest BCUT2D eigenvalue weighted by Gasteiger charge is -2.32. The third-order valence-corrected chi connectivity index (χ3v) is 4.55. The summed E-state index contributed by atoms with van der Waals surface area (Å²) in [5, 5.41) is 0. The van der Waals surface area contributed by atoms with Gasteiger partial charge in [0.25, 0.3) is 0 Å². The van der Waals surface area contributed by atoms with Gasteiger partial charge in [0.05, 0.1) is 0 Å². The topological polar surface area (TPSA) is 17.1 Å². The van der Waals surface area contributed by atoms with E-state index in [1.54, 1.807) is 0 Å². The van der Waals surface area contributed by atoms with Gasteiger partial charge in [-0.1, -0.05) is 18.1 Å². The summed E-state index contributed by atoms with van der Waals surface area (Å²) in [6.07, 6.45) is 8.14. The Labute approximate surface area is 79.2 Å². The fourth-order valence-corrected chi connectivity index (χ4v) is 3.77. The fraction of sp³-hybridized carbons (Fsp3) is 0.750. The van der Waals surface area contributed by atoms with E-state index in [1.807, 2.05) is 0 Å². The molecule has 1 nitrogen and oxygen atoms in total. The third kappa shape index (κ3) is 0.806. The summed E-state index contributed by atoms with van der Waals surface area (Å²) in [6.45, 7) is 2.21. The first-order chi connectivity index (χ1) is 6.22. The van der Waals surface area contributed by atoms with Crippen LogP contribution in [0.5, 0.6) is 0 Å². The third-order valence-electron chi connectivity index (χ3n) is 4.55. The summed E-state index contributed by atoms with van der Waals surface area (Å²) in [7, 11) is 0. The van der Waals surface area contributed by atoms with Crippen LogP contribution in [0.4, 0.5) is 0 Å². The lowest BCUT2D eigenvalue weighted by atomic mass is 9.71. The number of Topliss-reactive ketones (excluding diaryl/α,β-unsaturated/α-hetero) is 1. The Kier molecular flexibility index (Phi) is 1.35. The molecular formula is C12H16O. The van der Waals surface area contributed by atoms with Crippen molar-refractivity contribution in [3.8, 4) is 0 Å². The maximum absolute atomic E-state index is 12.0. The second-order valence-corrected chi connectivity index (χ2v) is 5.09. The van der Waals surface area contributed by atoms with Gasteiger partial charge in [0.15, 0.2) is 0 Å². The van der Waals surface area contributed by atoms with Crippen molar-refractivity contribution in [3.63, 3.8) is 0 Å². The van der Waals surface area contributed by atoms with Crippen LogP contribution in [0.2, 0.25) is 0 Å². The van der Waals surface area contributed by atoms with Gasteiger partial charge in [-0.15, -0.1) is 0 Å². The van der Waals surface area contributed by atoms with E-state index < -0.39 is 0 Å². The number of fused-ring (bicyclic) bond motifs is 1. The van der Waals surface area contributed by atoms with Crippen molar-refractivity contribution in [1.29, 1.82) is 0 Å². The van der Waals surface area contributed by atoms with E-state index in [9.17, 15) is 4.79 Å². The lowest BCUT2D eigenvalue weighted by molar-refractivity contribution is -0.126. The maximum atomic E-state index is 12.0. The predicted molar refractivity (Wildman–Crippen MR) is 51.3 cm³/mol. The Hall–Kier alpha value is -0.590. The molecule has 0 aromatic heterocycles. The number of allylic oxidation sites excluding steroid dienone is 2. The van der Waals surface area contributed by atoms with Crippen LogP contribution >= 0.6 is 0 Å². The number of hydrogen-bond acceptors (Lipinski definition) is 1. The molecule has 0 unspecified atom stereocenters. The molecule has 13 heavy (non-hydrogen) atoms. The van der Waals surface area contributed by atoms with E-state index in [-0.39, 0.29) is 5.41 Å². The molecule has 0 radical (unpaired) electrons. The molecular weight excluding hydrogens is 160 g/mol. The zero-order chi connectivity index (χ0) is 9.05. The molecule has 70 valence electrons. The van der Waals surface area contributed by atoms with Crippen molar-refractivity contribution in [1.82, 2.24) is 0 Å². The fourth-order valence-electron chi connectivity index (χ4n) is 3.77. The SMILES string of the molecule is CC1=C[C@@H]2CCC[C@]23C[C@H]1CC3=O. The molecule has 0 N–H and O–H groups in total. The van der Waals surface area contributed by atoms with E-state index in [4.69, 9.17) is 0 Å². The number of rotatable bonds is 0. The Morgan fingerprint density at radius 2 is 2.38 bits per heavy atom. The van der Waals surface area contributed by atoms with Crippen LogP contribution in [0, 0.1) is 17.3 Å². The quantitative estimate of drug-likeness (QED) is 0.519. The highest BCUT2D eigenvalue weighted by atomic mass is 16.1. The largest absolute Gasteiger partial charge is 0.299 e. The van der Waals surface area contributed by atoms with Crippen molar-refractivity contribution in [3.05, 3.63) is 11.6 Å². The molecule has 3 aliphatic carbocycles. The molecule has 3 atom stereocenters. The summed E-state index contributed by atoms with van der Waals surface area (Å²) in [4.78, 5) is 12.0. The Morgan fingerprint density at radius 3 is 3.23 bits per heavy atom. The van der Waals surface area contributed by atoms with E-state index in [2.05, 4.69) is 13.0 Å². The van der Waals surface area contributed by atoms with E-state index in [0.717, 1.165) is 6.42 Å². The number of carbonyl (C=O) groups excluding carboxylic acids is 1. The van der Waals surface area contributed by atoms with Gasteiger partial charge < -0.3 is 0 Å².